The van der Waals surface area contributed by atoms with Crippen molar-refractivity contribution in [2.24, 2.45) is 5.92 Å². The first-order chi connectivity index (χ1) is 9.09. The van der Waals surface area contributed by atoms with E-state index in [1.54, 1.807) is 0 Å². The van der Waals surface area contributed by atoms with Gasteiger partial charge in [0.25, 0.3) is 0 Å². The third-order valence-electron chi connectivity index (χ3n) is 4.82. The minimum atomic E-state index is -0.0276. The molecule has 0 atom stereocenters. The average molecular weight is 266 g/mol. The summed E-state index contributed by atoms with van der Waals surface area (Å²) in [7, 11) is 0. The monoisotopic (exact) mass is 266 g/mol. The molecule has 1 saturated heterocycles. The molecule has 1 aliphatic heterocycles. The molecule has 2 aliphatic rings. The Labute approximate surface area is 118 Å². The highest BCUT2D eigenvalue weighted by Gasteiger charge is 2.31. The fourth-order valence-corrected chi connectivity index (χ4v) is 3.56. The van der Waals surface area contributed by atoms with Crippen molar-refractivity contribution in [1.29, 1.82) is 0 Å². The molecule has 110 valence electrons. The Morgan fingerprint density at radius 1 is 1.21 bits per heavy atom. The Bertz CT molecular complexity index is 295. The van der Waals surface area contributed by atoms with Crippen LogP contribution >= 0.6 is 0 Å². The Hall–Kier alpha value is -0.570. The molecular weight excluding hydrogens is 236 g/mol. The number of nitrogens with zero attached hydrogens (tertiary/aromatic N) is 1. The summed E-state index contributed by atoms with van der Waals surface area (Å²) >= 11 is 0. The molecule has 19 heavy (non-hydrogen) atoms. The maximum absolute atomic E-state index is 12.5. The van der Waals surface area contributed by atoms with E-state index in [-0.39, 0.29) is 5.54 Å². The fraction of sp³-hybridized carbons (Fsp3) is 0.938. The summed E-state index contributed by atoms with van der Waals surface area (Å²) in [5, 5.41) is 3.43. The molecule has 0 aromatic rings. The van der Waals surface area contributed by atoms with E-state index in [2.05, 4.69) is 24.1 Å². The van der Waals surface area contributed by atoms with Crippen molar-refractivity contribution in [1.82, 2.24) is 10.2 Å². The lowest BCUT2D eigenvalue weighted by Gasteiger charge is -2.37. The number of hydrogen-bond donors (Lipinski definition) is 1. The molecule has 3 nitrogen and oxygen atoms in total. The van der Waals surface area contributed by atoms with Gasteiger partial charge in [-0.25, -0.2) is 0 Å². The van der Waals surface area contributed by atoms with E-state index in [1.807, 2.05) is 0 Å². The summed E-state index contributed by atoms with van der Waals surface area (Å²) in [5.74, 6) is 1.19. The van der Waals surface area contributed by atoms with Crippen molar-refractivity contribution in [3.05, 3.63) is 0 Å². The smallest absolute Gasteiger partial charge is 0.223 e. The van der Waals surface area contributed by atoms with Crippen LogP contribution in [-0.2, 0) is 4.79 Å². The van der Waals surface area contributed by atoms with Gasteiger partial charge < -0.3 is 10.2 Å². The zero-order valence-corrected chi connectivity index (χ0v) is 12.7. The van der Waals surface area contributed by atoms with Gasteiger partial charge in [-0.1, -0.05) is 32.1 Å². The molecule has 0 spiro atoms. The van der Waals surface area contributed by atoms with E-state index >= 15 is 0 Å². The minimum absolute atomic E-state index is 0.0276. The van der Waals surface area contributed by atoms with Crippen LogP contribution in [0.15, 0.2) is 0 Å². The van der Waals surface area contributed by atoms with Crippen molar-refractivity contribution in [3.8, 4) is 0 Å². The van der Waals surface area contributed by atoms with Crippen LogP contribution in [0.5, 0.6) is 0 Å². The Morgan fingerprint density at radius 2 is 1.95 bits per heavy atom. The molecule has 0 radical (unpaired) electrons. The van der Waals surface area contributed by atoms with Crippen molar-refractivity contribution >= 4 is 5.91 Å². The van der Waals surface area contributed by atoms with E-state index in [0.29, 0.717) is 5.91 Å². The first-order valence-electron chi connectivity index (χ1n) is 8.11. The zero-order chi connectivity index (χ0) is 13.7. The van der Waals surface area contributed by atoms with Gasteiger partial charge in [0, 0.05) is 25.0 Å². The lowest BCUT2D eigenvalue weighted by Crippen LogP contribution is -2.51. The van der Waals surface area contributed by atoms with Crippen molar-refractivity contribution < 1.29 is 4.79 Å². The van der Waals surface area contributed by atoms with Gasteiger partial charge >= 0.3 is 0 Å². The highest BCUT2D eigenvalue weighted by Crippen LogP contribution is 2.28. The minimum Gasteiger partial charge on any atom is -0.336 e. The molecule has 1 heterocycles. The second-order valence-corrected chi connectivity index (χ2v) is 6.93. The van der Waals surface area contributed by atoms with Crippen LogP contribution in [0.25, 0.3) is 0 Å². The first-order valence-corrected chi connectivity index (χ1v) is 8.11. The topological polar surface area (TPSA) is 32.3 Å². The van der Waals surface area contributed by atoms with Crippen LogP contribution < -0.4 is 5.32 Å². The van der Waals surface area contributed by atoms with E-state index in [1.165, 1.54) is 32.1 Å². The van der Waals surface area contributed by atoms with E-state index in [9.17, 15) is 4.79 Å². The van der Waals surface area contributed by atoms with Gasteiger partial charge in [-0.05, 0) is 39.2 Å². The van der Waals surface area contributed by atoms with Gasteiger partial charge in [-0.2, -0.15) is 0 Å². The second-order valence-electron chi connectivity index (χ2n) is 6.93. The first kappa shape index (κ1) is 14.8. The Kier molecular flexibility index (Phi) is 5.26. The number of amides is 1. The highest BCUT2D eigenvalue weighted by atomic mass is 16.2. The van der Waals surface area contributed by atoms with Gasteiger partial charge in [0.2, 0.25) is 5.91 Å². The van der Waals surface area contributed by atoms with Crippen LogP contribution in [0.1, 0.15) is 65.2 Å². The van der Waals surface area contributed by atoms with Crippen LogP contribution in [0, 0.1) is 5.92 Å². The third-order valence-corrected chi connectivity index (χ3v) is 4.82. The predicted molar refractivity (Wildman–Crippen MR) is 79.1 cm³/mol. The third kappa shape index (κ3) is 4.20. The molecule has 0 aromatic carbocycles. The average Bonchev–Trinajstić information content (AvgIpc) is 2.58. The van der Waals surface area contributed by atoms with Crippen LogP contribution in [-0.4, -0.2) is 36.0 Å². The van der Waals surface area contributed by atoms with E-state index in [0.717, 1.165) is 44.8 Å². The molecule has 1 amide bonds. The number of nitrogens with one attached hydrogen (secondary N) is 1. The fourth-order valence-electron chi connectivity index (χ4n) is 3.56. The summed E-state index contributed by atoms with van der Waals surface area (Å²) < 4.78 is 0. The van der Waals surface area contributed by atoms with Crippen LogP contribution in [0.4, 0.5) is 0 Å². The molecular formula is C16H30N2O. The van der Waals surface area contributed by atoms with E-state index < -0.39 is 0 Å². The second kappa shape index (κ2) is 6.74. The Balaban J connectivity index is 1.83. The molecule has 1 N–H and O–H groups in total. The SMILES string of the molecule is CC1(C)CNCCCN1C(=O)CCC1CCCCC1. The summed E-state index contributed by atoms with van der Waals surface area (Å²) in [6, 6.07) is 0. The summed E-state index contributed by atoms with van der Waals surface area (Å²) in [6.07, 6.45) is 9.78. The van der Waals surface area contributed by atoms with Crippen LogP contribution in [0.2, 0.25) is 0 Å². The molecule has 0 unspecified atom stereocenters. The molecule has 2 rings (SSSR count). The summed E-state index contributed by atoms with van der Waals surface area (Å²) in [6.45, 7) is 7.25. The highest BCUT2D eigenvalue weighted by molar-refractivity contribution is 5.77. The van der Waals surface area contributed by atoms with Crippen molar-refractivity contribution in [2.75, 3.05) is 19.6 Å². The molecule has 1 aliphatic carbocycles. The Morgan fingerprint density at radius 3 is 2.68 bits per heavy atom. The zero-order valence-electron chi connectivity index (χ0n) is 12.7. The van der Waals surface area contributed by atoms with E-state index in [4.69, 9.17) is 0 Å². The normalized spacial score (nSPS) is 25.1. The van der Waals surface area contributed by atoms with Gasteiger partial charge in [-0.3, -0.25) is 4.79 Å². The largest absolute Gasteiger partial charge is 0.336 e. The van der Waals surface area contributed by atoms with Crippen molar-refractivity contribution in [2.45, 2.75) is 70.8 Å². The van der Waals surface area contributed by atoms with Gasteiger partial charge in [0.05, 0.1) is 0 Å². The quantitative estimate of drug-likeness (QED) is 0.852. The maximum Gasteiger partial charge on any atom is 0.223 e. The van der Waals surface area contributed by atoms with Gasteiger partial charge in [-0.15, -0.1) is 0 Å². The maximum atomic E-state index is 12.5. The number of carbonyl (C=O) groups excluding carboxylic acids is 1. The number of rotatable bonds is 3. The van der Waals surface area contributed by atoms with Gasteiger partial charge in [0.15, 0.2) is 0 Å². The predicted octanol–water partition coefficient (Wildman–Crippen LogP) is 2.95. The number of hydrogen-bond acceptors (Lipinski definition) is 2. The molecule has 1 saturated carbocycles. The van der Waals surface area contributed by atoms with Crippen LogP contribution in [0.3, 0.4) is 0 Å². The molecule has 0 bridgehead atoms. The lowest BCUT2D eigenvalue weighted by atomic mass is 9.86. The molecule has 0 aromatic heterocycles. The summed E-state index contributed by atoms with van der Waals surface area (Å²) in [5.41, 5.74) is -0.0276. The lowest BCUT2D eigenvalue weighted by molar-refractivity contribution is -0.136. The standard InChI is InChI=1S/C16H30N2O/c1-16(2)13-17-11-6-12-18(16)15(19)10-9-14-7-4-3-5-8-14/h14,17H,3-13H2,1-2H3. The molecule has 3 heteroatoms. The van der Waals surface area contributed by atoms with Gasteiger partial charge in [0.1, 0.15) is 0 Å². The van der Waals surface area contributed by atoms with Crippen molar-refractivity contribution in [3.63, 3.8) is 0 Å². The summed E-state index contributed by atoms with van der Waals surface area (Å²) in [4.78, 5) is 14.6. The number of carbonyl (C=O) groups is 1. The molecule has 2 fully saturated rings.